The molecule has 3 rings (SSSR count). The molecule has 1 amide bonds. The molecule has 23 heavy (non-hydrogen) atoms. The second kappa shape index (κ2) is 6.09. The van der Waals surface area contributed by atoms with Gasteiger partial charge in [0.2, 0.25) is 0 Å². The largest absolute Gasteiger partial charge is 0.443 e. The number of ether oxygens (including phenoxy) is 1. The van der Waals surface area contributed by atoms with Crippen molar-refractivity contribution in [3.63, 3.8) is 0 Å². The quantitative estimate of drug-likeness (QED) is 0.879. The molecule has 0 spiro atoms. The van der Waals surface area contributed by atoms with E-state index < -0.39 is 15.8 Å². The van der Waals surface area contributed by atoms with Crippen molar-refractivity contribution < 1.29 is 18.1 Å². The van der Waals surface area contributed by atoms with Crippen molar-refractivity contribution in [3.05, 3.63) is 29.6 Å². The highest BCUT2D eigenvalue weighted by Gasteiger charge is 2.32. The van der Waals surface area contributed by atoms with Crippen molar-refractivity contribution in [1.29, 1.82) is 4.78 Å². The molecule has 0 radical (unpaired) electrons. The van der Waals surface area contributed by atoms with Crippen LogP contribution >= 0.6 is 0 Å². The molecule has 2 saturated heterocycles. The molecule has 0 unspecified atom stereocenters. The fourth-order valence-corrected chi connectivity index (χ4v) is 4.63. The van der Waals surface area contributed by atoms with Crippen LogP contribution in [0, 0.1) is 10.6 Å². The first-order chi connectivity index (χ1) is 10.9. The zero-order chi connectivity index (χ0) is 16.6. The van der Waals surface area contributed by atoms with Crippen LogP contribution in [0.3, 0.4) is 0 Å². The SMILES string of the molecule is N=S1(=O)CCC(c2ccc(N3C[C@H](CN)OC3=O)cc2F)CC1. The van der Waals surface area contributed by atoms with Crippen LogP contribution in [0.4, 0.5) is 14.9 Å². The molecule has 1 atom stereocenters. The molecular weight excluding hydrogens is 321 g/mol. The number of halogens is 1. The van der Waals surface area contributed by atoms with Crippen molar-refractivity contribution in [2.45, 2.75) is 24.9 Å². The van der Waals surface area contributed by atoms with E-state index in [-0.39, 0.29) is 24.4 Å². The zero-order valence-corrected chi connectivity index (χ0v) is 13.5. The summed E-state index contributed by atoms with van der Waals surface area (Å²) >= 11 is 0. The van der Waals surface area contributed by atoms with E-state index in [1.165, 1.54) is 11.0 Å². The molecule has 2 aliphatic rings. The van der Waals surface area contributed by atoms with Crippen molar-refractivity contribution in [2.75, 3.05) is 29.5 Å². The molecule has 1 aromatic carbocycles. The van der Waals surface area contributed by atoms with Gasteiger partial charge in [-0.05, 0) is 36.5 Å². The summed E-state index contributed by atoms with van der Waals surface area (Å²) in [6.07, 6.45) is 0.229. The summed E-state index contributed by atoms with van der Waals surface area (Å²) in [6.45, 7) is 0.551. The zero-order valence-electron chi connectivity index (χ0n) is 12.7. The second-order valence-corrected chi connectivity index (χ2v) is 8.49. The Bertz CT molecular complexity index is 709. The molecule has 0 bridgehead atoms. The van der Waals surface area contributed by atoms with E-state index in [0.29, 0.717) is 42.1 Å². The Labute approximate surface area is 134 Å². The third-order valence-electron chi connectivity index (χ3n) is 4.46. The summed E-state index contributed by atoms with van der Waals surface area (Å²) < 4.78 is 38.8. The highest BCUT2D eigenvalue weighted by molar-refractivity contribution is 7.92. The minimum Gasteiger partial charge on any atom is -0.443 e. The van der Waals surface area contributed by atoms with Crippen LogP contribution in [0.2, 0.25) is 0 Å². The lowest BCUT2D eigenvalue weighted by Crippen LogP contribution is -2.27. The molecule has 126 valence electrons. The highest BCUT2D eigenvalue weighted by Crippen LogP contribution is 2.33. The molecule has 0 aromatic heterocycles. The topological polar surface area (TPSA) is 96.5 Å². The van der Waals surface area contributed by atoms with Crippen molar-refractivity contribution in [1.82, 2.24) is 0 Å². The minimum atomic E-state index is -2.48. The molecule has 0 saturated carbocycles. The maximum atomic E-state index is 14.5. The first-order valence-corrected chi connectivity index (χ1v) is 9.51. The summed E-state index contributed by atoms with van der Waals surface area (Å²) in [7, 11) is -2.48. The predicted octanol–water partition coefficient (Wildman–Crippen LogP) is 2.03. The van der Waals surface area contributed by atoms with Crippen LogP contribution in [0.1, 0.15) is 24.3 Å². The Balaban J connectivity index is 1.78. The molecule has 2 fully saturated rings. The first kappa shape index (κ1) is 16.2. The number of carbonyl (C=O) groups excluding carboxylic acids is 1. The Hall–Kier alpha value is -1.67. The predicted molar refractivity (Wildman–Crippen MR) is 85.6 cm³/mol. The standard InChI is InChI=1S/C15H20FN3O3S/c16-14-7-11(19-9-12(8-17)22-15(19)20)1-2-13(14)10-3-5-23(18,21)6-4-10/h1-2,7,10,12,18H,3-6,8-9,17H2/t10?,12-,23?/m0/s1. The van der Waals surface area contributed by atoms with Gasteiger partial charge in [0.1, 0.15) is 11.9 Å². The van der Waals surface area contributed by atoms with Crippen LogP contribution in [0.25, 0.3) is 0 Å². The Kier molecular flexibility index (Phi) is 4.29. The van der Waals surface area contributed by atoms with E-state index in [9.17, 15) is 13.4 Å². The number of benzene rings is 1. The summed E-state index contributed by atoms with van der Waals surface area (Å²) in [5.74, 6) is 0.228. The van der Waals surface area contributed by atoms with Gasteiger partial charge >= 0.3 is 6.09 Å². The molecule has 0 aliphatic carbocycles. The maximum absolute atomic E-state index is 14.5. The number of hydrogen-bond acceptors (Lipinski definition) is 5. The van der Waals surface area contributed by atoms with Crippen LogP contribution in [0.5, 0.6) is 0 Å². The van der Waals surface area contributed by atoms with Gasteiger partial charge in [0, 0.05) is 27.8 Å². The number of nitrogens with one attached hydrogen (secondary N) is 1. The summed E-state index contributed by atoms with van der Waals surface area (Å²) in [4.78, 5) is 13.2. The lowest BCUT2D eigenvalue weighted by molar-refractivity contribution is 0.145. The van der Waals surface area contributed by atoms with E-state index in [1.54, 1.807) is 12.1 Å². The minimum absolute atomic E-state index is 0.0219. The molecule has 6 nitrogen and oxygen atoms in total. The number of carbonyl (C=O) groups is 1. The Morgan fingerprint density at radius 2 is 2.09 bits per heavy atom. The number of rotatable bonds is 3. The molecule has 1 aromatic rings. The van der Waals surface area contributed by atoms with E-state index in [0.717, 1.165) is 0 Å². The van der Waals surface area contributed by atoms with Crippen LogP contribution < -0.4 is 10.6 Å². The summed E-state index contributed by atoms with van der Waals surface area (Å²) in [5.41, 5.74) is 6.51. The van der Waals surface area contributed by atoms with Gasteiger partial charge in [-0.2, -0.15) is 0 Å². The molecule has 2 aliphatic heterocycles. The van der Waals surface area contributed by atoms with E-state index >= 15 is 0 Å². The van der Waals surface area contributed by atoms with Crippen molar-refractivity contribution in [2.24, 2.45) is 5.73 Å². The van der Waals surface area contributed by atoms with Gasteiger partial charge in [-0.3, -0.25) is 9.68 Å². The summed E-state index contributed by atoms with van der Waals surface area (Å²) in [5, 5.41) is 0. The molecule has 3 N–H and O–H groups in total. The van der Waals surface area contributed by atoms with Gasteiger partial charge in [0.15, 0.2) is 0 Å². The monoisotopic (exact) mass is 341 g/mol. The lowest BCUT2D eigenvalue weighted by Gasteiger charge is -2.25. The third kappa shape index (κ3) is 3.32. The van der Waals surface area contributed by atoms with Gasteiger partial charge in [0.25, 0.3) is 0 Å². The fourth-order valence-electron chi connectivity index (χ4n) is 3.09. The number of nitrogens with zero attached hydrogens (tertiary/aromatic N) is 1. The van der Waals surface area contributed by atoms with E-state index in [2.05, 4.69) is 0 Å². The van der Waals surface area contributed by atoms with Gasteiger partial charge in [0.05, 0.1) is 12.2 Å². The average molecular weight is 341 g/mol. The Morgan fingerprint density at radius 1 is 1.39 bits per heavy atom. The number of cyclic esters (lactones) is 1. The lowest BCUT2D eigenvalue weighted by atomic mass is 9.93. The highest BCUT2D eigenvalue weighted by atomic mass is 32.2. The molecule has 2 heterocycles. The number of nitrogens with two attached hydrogens (primary N) is 1. The second-order valence-electron chi connectivity index (χ2n) is 6.05. The first-order valence-electron chi connectivity index (χ1n) is 7.61. The van der Waals surface area contributed by atoms with Crippen molar-refractivity contribution >= 4 is 21.5 Å². The summed E-state index contributed by atoms with van der Waals surface area (Å²) in [6, 6.07) is 4.71. The van der Waals surface area contributed by atoms with Crippen molar-refractivity contribution in [3.8, 4) is 0 Å². The number of amides is 1. The average Bonchev–Trinajstić information content (AvgIpc) is 2.89. The van der Waals surface area contributed by atoms with Crippen LogP contribution in [0.15, 0.2) is 18.2 Å². The Morgan fingerprint density at radius 3 is 2.65 bits per heavy atom. The molecular formula is C15H20FN3O3S. The smallest absolute Gasteiger partial charge is 0.414 e. The van der Waals surface area contributed by atoms with E-state index in [4.69, 9.17) is 15.3 Å². The maximum Gasteiger partial charge on any atom is 0.414 e. The normalized spacial score (nSPS) is 31.2. The third-order valence-corrected chi connectivity index (χ3v) is 6.25. The number of anilines is 1. The fraction of sp³-hybridized carbons (Fsp3) is 0.533. The van der Waals surface area contributed by atoms with Gasteiger partial charge in [-0.1, -0.05) is 6.07 Å². The number of hydrogen-bond donors (Lipinski definition) is 2. The van der Waals surface area contributed by atoms with Gasteiger partial charge in [-0.25, -0.2) is 13.4 Å². The van der Waals surface area contributed by atoms with E-state index in [1.807, 2.05) is 0 Å². The van der Waals surface area contributed by atoms with Gasteiger partial charge < -0.3 is 10.5 Å². The van der Waals surface area contributed by atoms with Crippen LogP contribution in [-0.4, -0.2) is 41.0 Å². The van der Waals surface area contributed by atoms with Gasteiger partial charge in [-0.15, -0.1) is 0 Å². The van der Waals surface area contributed by atoms with Crippen LogP contribution in [-0.2, 0) is 14.5 Å². The molecule has 8 heteroatoms.